The van der Waals surface area contributed by atoms with Crippen molar-refractivity contribution < 1.29 is 14.6 Å². The van der Waals surface area contributed by atoms with Gasteiger partial charge in [-0.2, -0.15) is 9.78 Å². The van der Waals surface area contributed by atoms with Crippen molar-refractivity contribution in [3.05, 3.63) is 27.0 Å². The summed E-state index contributed by atoms with van der Waals surface area (Å²) in [6, 6.07) is 0. The van der Waals surface area contributed by atoms with Crippen molar-refractivity contribution in [2.24, 2.45) is 5.73 Å². The number of hydrogen-bond acceptors (Lipinski definition) is 6. The summed E-state index contributed by atoms with van der Waals surface area (Å²) in [7, 11) is 0. The molecule has 1 saturated heterocycles. The van der Waals surface area contributed by atoms with Crippen LogP contribution in [0.25, 0.3) is 0 Å². The Morgan fingerprint density at radius 2 is 2.35 bits per heavy atom. The van der Waals surface area contributed by atoms with Crippen LogP contribution in [0, 0.1) is 0 Å². The predicted octanol–water partition coefficient (Wildman–Crippen LogP) is -2.93. The fourth-order valence-electron chi connectivity index (χ4n) is 1.63. The van der Waals surface area contributed by atoms with E-state index in [0.717, 1.165) is 10.9 Å². The van der Waals surface area contributed by atoms with E-state index >= 15 is 0 Å². The Hall–Kier alpha value is -2.00. The lowest BCUT2D eigenvalue weighted by Gasteiger charge is -2.11. The summed E-state index contributed by atoms with van der Waals surface area (Å²) in [6.45, 7) is 0. The number of nitrogens with two attached hydrogens (primary N) is 1. The third kappa shape index (κ3) is 2.10. The molecule has 1 aliphatic heterocycles. The molecule has 0 radical (unpaired) electrons. The second-order valence-corrected chi connectivity index (χ2v) is 3.60. The van der Waals surface area contributed by atoms with Gasteiger partial charge in [0.2, 0.25) is 5.91 Å². The van der Waals surface area contributed by atoms with Gasteiger partial charge in [-0.05, 0) is 0 Å². The summed E-state index contributed by atoms with van der Waals surface area (Å²) in [5, 5.41) is 13.1. The third-order valence-corrected chi connectivity index (χ3v) is 2.39. The molecule has 3 atom stereocenters. The highest BCUT2D eigenvalue weighted by atomic mass is 16.5. The predicted molar refractivity (Wildman–Crippen MR) is 52.8 cm³/mol. The molecule has 4 N–H and O–H groups in total. The number of nitrogens with zero attached hydrogens (tertiary/aromatic N) is 2. The first kappa shape index (κ1) is 11.5. The van der Waals surface area contributed by atoms with Gasteiger partial charge in [-0.15, -0.1) is 0 Å². The Labute approximate surface area is 93.8 Å². The van der Waals surface area contributed by atoms with Gasteiger partial charge in [-0.25, -0.2) is 4.79 Å². The Bertz CT molecular complexity index is 549. The van der Waals surface area contributed by atoms with Crippen molar-refractivity contribution in [3.63, 3.8) is 0 Å². The topological polar surface area (TPSA) is 140 Å². The summed E-state index contributed by atoms with van der Waals surface area (Å²) >= 11 is 0. The lowest BCUT2D eigenvalue weighted by Crippen LogP contribution is -2.37. The van der Waals surface area contributed by atoms with E-state index < -0.39 is 35.6 Å². The van der Waals surface area contributed by atoms with Crippen LogP contribution in [-0.4, -0.2) is 38.0 Å². The molecule has 92 valence electrons. The van der Waals surface area contributed by atoms with Crippen molar-refractivity contribution in [3.8, 4) is 0 Å². The van der Waals surface area contributed by atoms with E-state index in [0.29, 0.717) is 0 Å². The van der Waals surface area contributed by atoms with Crippen LogP contribution in [0.3, 0.4) is 0 Å². The SMILES string of the molecule is NC(=O)C1OC(n2ncc(=O)[nH]c2=O)CC1O. The van der Waals surface area contributed by atoms with Crippen molar-refractivity contribution in [2.75, 3.05) is 0 Å². The molecule has 1 amide bonds. The molecule has 0 saturated carbocycles. The molecule has 1 aliphatic rings. The molecule has 9 heteroatoms. The smallest absolute Gasteiger partial charge is 0.347 e. The molecule has 1 aromatic heterocycles. The van der Waals surface area contributed by atoms with Crippen molar-refractivity contribution >= 4 is 5.91 Å². The minimum atomic E-state index is -1.18. The highest BCUT2D eigenvalue weighted by molar-refractivity contribution is 5.79. The van der Waals surface area contributed by atoms with Gasteiger partial charge in [0.15, 0.2) is 12.3 Å². The van der Waals surface area contributed by atoms with Gasteiger partial charge in [0.25, 0.3) is 5.56 Å². The van der Waals surface area contributed by atoms with Crippen molar-refractivity contribution in [1.29, 1.82) is 0 Å². The number of carbonyl (C=O) groups is 1. The average Bonchev–Trinajstić information content (AvgIpc) is 2.60. The molecular formula is C8H10N4O5. The molecule has 9 nitrogen and oxygen atoms in total. The minimum absolute atomic E-state index is 0.00738. The van der Waals surface area contributed by atoms with Crippen LogP contribution in [0.1, 0.15) is 12.6 Å². The van der Waals surface area contributed by atoms with E-state index in [1.54, 1.807) is 0 Å². The van der Waals surface area contributed by atoms with Crippen LogP contribution >= 0.6 is 0 Å². The van der Waals surface area contributed by atoms with E-state index in [-0.39, 0.29) is 6.42 Å². The number of aliphatic hydroxyl groups is 1. The number of aromatic amines is 1. The fraction of sp³-hybridized carbons (Fsp3) is 0.500. The maximum absolute atomic E-state index is 11.4. The van der Waals surface area contributed by atoms with Crippen LogP contribution in [0.15, 0.2) is 15.8 Å². The first-order valence-electron chi connectivity index (χ1n) is 4.80. The number of aromatic nitrogens is 3. The van der Waals surface area contributed by atoms with E-state index in [1.807, 2.05) is 4.98 Å². The highest BCUT2D eigenvalue weighted by Crippen LogP contribution is 2.26. The summed E-state index contributed by atoms with van der Waals surface area (Å²) in [5.41, 5.74) is 3.58. The fourth-order valence-corrected chi connectivity index (χ4v) is 1.63. The molecule has 1 fully saturated rings. The number of hydrogen-bond donors (Lipinski definition) is 3. The number of ether oxygens (including phenoxy) is 1. The summed E-state index contributed by atoms with van der Waals surface area (Å²) in [5.74, 6) is -0.822. The number of aliphatic hydroxyl groups excluding tert-OH is 1. The molecule has 0 spiro atoms. The van der Waals surface area contributed by atoms with E-state index in [1.165, 1.54) is 0 Å². The quantitative estimate of drug-likeness (QED) is 0.507. The molecule has 17 heavy (non-hydrogen) atoms. The summed E-state index contributed by atoms with van der Waals surface area (Å²) in [4.78, 5) is 35.1. The Morgan fingerprint density at radius 3 is 2.88 bits per heavy atom. The number of nitrogens with one attached hydrogen (secondary N) is 1. The van der Waals surface area contributed by atoms with Crippen LogP contribution < -0.4 is 17.0 Å². The van der Waals surface area contributed by atoms with Crippen LogP contribution in [0.4, 0.5) is 0 Å². The maximum Gasteiger partial charge on any atom is 0.347 e. The standard InChI is InChI=1S/C8H10N4O5/c9-7(15)6-3(13)1-5(17-6)12-8(16)11-4(14)2-10-12/h2-3,5-6,13H,1H2,(H2,9,15)(H,11,14,16). The number of primary amides is 1. The van der Waals surface area contributed by atoms with Gasteiger partial charge in [0.05, 0.1) is 6.10 Å². The van der Waals surface area contributed by atoms with E-state index in [4.69, 9.17) is 10.5 Å². The van der Waals surface area contributed by atoms with Gasteiger partial charge >= 0.3 is 5.69 Å². The van der Waals surface area contributed by atoms with E-state index in [2.05, 4.69) is 5.10 Å². The lowest BCUT2D eigenvalue weighted by molar-refractivity contribution is -0.134. The first-order chi connectivity index (χ1) is 7.99. The zero-order chi connectivity index (χ0) is 12.6. The van der Waals surface area contributed by atoms with Crippen molar-refractivity contribution in [1.82, 2.24) is 14.8 Å². The Kier molecular flexibility index (Phi) is 2.77. The van der Waals surface area contributed by atoms with Crippen LogP contribution in [-0.2, 0) is 9.53 Å². The number of H-pyrrole nitrogens is 1. The maximum atomic E-state index is 11.4. The summed E-state index contributed by atoms with van der Waals surface area (Å²) in [6.07, 6.45) is -2.31. The van der Waals surface area contributed by atoms with Gasteiger partial charge < -0.3 is 15.6 Å². The van der Waals surface area contributed by atoms with Gasteiger partial charge in [0, 0.05) is 6.42 Å². The van der Waals surface area contributed by atoms with E-state index in [9.17, 15) is 19.5 Å². The summed E-state index contributed by atoms with van der Waals surface area (Å²) < 4.78 is 5.94. The molecule has 0 aromatic carbocycles. The number of amides is 1. The monoisotopic (exact) mass is 242 g/mol. The molecule has 2 rings (SSSR count). The van der Waals surface area contributed by atoms with Crippen LogP contribution in [0.2, 0.25) is 0 Å². The third-order valence-electron chi connectivity index (χ3n) is 2.39. The van der Waals surface area contributed by atoms with Gasteiger partial charge in [-0.1, -0.05) is 0 Å². The molecule has 3 unspecified atom stereocenters. The second kappa shape index (κ2) is 4.11. The molecular weight excluding hydrogens is 232 g/mol. The first-order valence-corrected chi connectivity index (χ1v) is 4.80. The van der Waals surface area contributed by atoms with Crippen LogP contribution in [0.5, 0.6) is 0 Å². The zero-order valence-electron chi connectivity index (χ0n) is 8.57. The molecule has 0 bridgehead atoms. The lowest BCUT2D eigenvalue weighted by atomic mass is 10.2. The largest absolute Gasteiger partial charge is 0.390 e. The number of rotatable bonds is 2. The average molecular weight is 242 g/mol. The zero-order valence-corrected chi connectivity index (χ0v) is 8.57. The normalized spacial score (nSPS) is 28.2. The van der Waals surface area contributed by atoms with Gasteiger partial charge in [-0.3, -0.25) is 14.6 Å². The van der Waals surface area contributed by atoms with Gasteiger partial charge in [0.1, 0.15) is 6.20 Å². The Morgan fingerprint density at radius 1 is 1.65 bits per heavy atom. The minimum Gasteiger partial charge on any atom is -0.390 e. The Balaban J connectivity index is 2.29. The molecule has 0 aliphatic carbocycles. The highest BCUT2D eigenvalue weighted by Gasteiger charge is 2.39. The number of carbonyl (C=O) groups excluding carboxylic acids is 1. The van der Waals surface area contributed by atoms with Crippen molar-refractivity contribution in [2.45, 2.75) is 24.9 Å². The second-order valence-electron chi connectivity index (χ2n) is 3.60. The molecule has 2 heterocycles. The molecule has 1 aromatic rings.